The molecular weight excluding hydrogens is 312 g/mol. The fourth-order valence-corrected chi connectivity index (χ4v) is 3.54. The summed E-state index contributed by atoms with van der Waals surface area (Å²) in [7, 11) is 1.85. The molecule has 1 amide bonds. The minimum Gasteiger partial charge on any atom is -0.358 e. The molecule has 0 atom stereocenters. The van der Waals surface area contributed by atoms with Crippen LogP contribution in [0.1, 0.15) is 48.2 Å². The summed E-state index contributed by atoms with van der Waals surface area (Å²) in [6.07, 6.45) is 0.861. The molecular formula is C20H24N4O. The first-order chi connectivity index (χ1) is 11.8. The monoisotopic (exact) mass is 336 g/mol. The van der Waals surface area contributed by atoms with Crippen LogP contribution >= 0.6 is 0 Å². The molecule has 1 aliphatic heterocycles. The Hall–Kier alpha value is -2.56. The van der Waals surface area contributed by atoms with Crippen LogP contribution in [0.25, 0.3) is 10.9 Å². The molecule has 0 bridgehead atoms. The van der Waals surface area contributed by atoms with Gasteiger partial charge < -0.3 is 9.88 Å². The van der Waals surface area contributed by atoms with Crippen molar-refractivity contribution < 1.29 is 4.79 Å². The summed E-state index contributed by atoms with van der Waals surface area (Å²) in [6, 6.07) is 10.2. The van der Waals surface area contributed by atoms with E-state index in [1.807, 2.05) is 30.1 Å². The number of amides is 1. The number of nitrogens with one attached hydrogen (secondary N) is 1. The van der Waals surface area contributed by atoms with E-state index in [-0.39, 0.29) is 11.3 Å². The summed E-state index contributed by atoms with van der Waals surface area (Å²) in [5, 5.41) is 5.76. The lowest BCUT2D eigenvalue weighted by atomic mass is 9.92. The molecule has 0 saturated carbocycles. The maximum atomic E-state index is 13.1. The number of aryl methyl sites for hydroxylation is 1. The Morgan fingerprint density at radius 2 is 2.00 bits per heavy atom. The van der Waals surface area contributed by atoms with E-state index in [0.717, 1.165) is 24.2 Å². The first-order valence-electron chi connectivity index (χ1n) is 8.77. The summed E-state index contributed by atoms with van der Waals surface area (Å²) in [5.74, 6) is 0.0569. The molecule has 1 N–H and O–H groups in total. The zero-order valence-corrected chi connectivity index (χ0v) is 15.3. The molecule has 0 fully saturated rings. The van der Waals surface area contributed by atoms with E-state index in [0.29, 0.717) is 12.2 Å². The number of aromatic amines is 1. The molecule has 3 aromatic rings. The molecule has 0 spiro atoms. The lowest BCUT2D eigenvalue weighted by Gasteiger charge is -2.27. The number of benzene rings is 1. The molecule has 2 aromatic heterocycles. The van der Waals surface area contributed by atoms with Crippen molar-refractivity contribution in [2.45, 2.75) is 39.2 Å². The van der Waals surface area contributed by atoms with Crippen LogP contribution in [0.15, 0.2) is 30.3 Å². The first-order valence-corrected chi connectivity index (χ1v) is 8.77. The lowest BCUT2D eigenvalue weighted by molar-refractivity contribution is 0.0724. The number of hydrogen-bond acceptors (Lipinski definition) is 2. The first kappa shape index (κ1) is 15.9. The van der Waals surface area contributed by atoms with E-state index >= 15 is 0 Å². The van der Waals surface area contributed by atoms with E-state index in [1.54, 1.807) is 4.68 Å². The second-order valence-electron chi connectivity index (χ2n) is 7.89. The number of nitrogens with zero attached hydrogens (tertiary/aromatic N) is 3. The highest BCUT2D eigenvalue weighted by Crippen LogP contribution is 2.29. The average Bonchev–Trinajstić information content (AvgIpc) is 3.14. The maximum Gasteiger partial charge on any atom is 0.272 e. The van der Waals surface area contributed by atoms with Crippen LogP contribution < -0.4 is 0 Å². The zero-order chi connectivity index (χ0) is 17.8. The lowest BCUT2D eigenvalue weighted by Crippen LogP contribution is -2.36. The second-order valence-corrected chi connectivity index (χ2v) is 7.89. The largest absolute Gasteiger partial charge is 0.358 e. The highest BCUT2D eigenvalue weighted by molar-refractivity contribution is 5.94. The molecule has 1 aliphatic rings. The van der Waals surface area contributed by atoms with Crippen LogP contribution in [0.4, 0.5) is 0 Å². The van der Waals surface area contributed by atoms with Crippen LogP contribution in [0, 0.1) is 0 Å². The number of para-hydroxylation sites is 1. The van der Waals surface area contributed by atoms with Crippen molar-refractivity contribution in [1.82, 2.24) is 19.7 Å². The van der Waals surface area contributed by atoms with Gasteiger partial charge in [-0.3, -0.25) is 9.48 Å². The number of hydrogen-bond donors (Lipinski definition) is 1. The molecule has 0 saturated heterocycles. The van der Waals surface area contributed by atoms with Crippen molar-refractivity contribution in [2.75, 3.05) is 6.54 Å². The van der Waals surface area contributed by atoms with Crippen LogP contribution in [0.3, 0.4) is 0 Å². The molecule has 25 heavy (non-hydrogen) atoms. The Morgan fingerprint density at radius 3 is 2.72 bits per heavy atom. The molecule has 0 unspecified atom stereocenters. The number of carbonyl (C=O) groups is 1. The Bertz CT molecular complexity index is 958. The quantitative estimate of drug-likeness (QED) is 0.740. The fraction of sp³-hybridized carbons (Fsp3) is 0.400. The number of H-pyrrole nitrogens is 1. The summed E-state index contributed by atoms with van der Waals surface area (Å²) in [6.45, 7) is 7.72. The molecule has 5 nitrogen and oxygen atoms in total. The molecule has 0 aliphatic carbocycles. The van der Waals surface area contributed by atoms with Gasteiger partial charge in [-0.25, -0.2) is 0 Å². The third kappa shape index (κ3) is 2.64. The van der Waals surface area contributed by atoms with Crippen molar-refractivity contribution in [3.63, 3.8) is 0 Å². The van der Waals surface area contributed by atoms with Crippen LogP contribution in [0.2, 0.25) is 0 Å². The smallest absolute Gasteiger partial charge is 0.272 e. The summed E-state index contributed by atoms with van der Waals surface area (Å²) in [5.41, 5.74) is 5.19. The van der Waals surface area contributed by atoms with Gasteiger partial charge in [-0.15, -0.1) is 0 Å². The van der Waals surface area contributed by atoms with Crippen molar-refractivity contribution in [2.24, 2.45) is 7.05 Å². The third-order valence-electron chi connectivity index (χ3n) is 5.04. The number of fused-ring (bicyclic) bond motifs is 3. The van der Waals surface area contributed by atoms with Gasteiger partial charge in [0.1, 0.15) is 5.69 Å². The van der Waals surface area contributed by atoms with Crippen LogP contribution in [-0.4, -0.2) is 32.1 Å². The maximum absolute atomic E-state index is 13.1. The highest BCUT2D eigenvalue weighted by Gasteiger charge is 2.28. The standard InChI is InChI=1S/C20H24N4O/c1-20(2,3)18-11-17(23(4)22-18)19(25)24-10-9-16-14(12-24)13-7-5-6-8-15(13)21-16/h5-8,11,21H,9-10,12H2,1-4H3. The van der Waals surface area contributed by atoms with Gasteiger partial charge in [0.05, 0.1) is 5.69 Å². The minimum atomic E-state index is -0.0673. The van der Waals surface area contributed by atoms with Gasteiger partial charge in [-0.05, 0) is 12.1 Å². The van der Waals surface area contributed by atoms with Gasteiger partial charge in [-0.2, -0.15) is 5.10 Å². The van der Waals surface area contributed by atoms with E-state index in [9.17, 15) is 4.79 Å². The Morgan fingerprint density at radius 1 is 1.24 bits per heavy atom. The van der Waals surface area contributed by atoms with Gasteiger partial charge in [0, 0.05) is 54.1 Å². The average molecular weight is 336 g/mol. The summed E-state index contributed by atoms with van der Waals surface area (Å²) >= 11 is 0. The Balaban J connectivity index is 1.65. The summed E-state index contributed by atoms with van der Waals surface area (Å²) in [4.78, 5) is 18.5. The van der Waals surface area contributed by atoms with E-state index in [4.69, 9.17) is 0 Å². The zero-order valence-electron chi connectivity index (χ0n) is 15.3. The van der Waals surface area contributed by atoms with E-state index in [1.165, 1.54) is 16.6 Å². The number of carbonyl (C=O) groups excluding carboxylic acids is 1. The van der Waals surface area contributed by atoms with E-state index in [2.05, 4.69) is 43.0 Å². The second kappa shape index (κ2) is 5.48. The topological polar surface area (TPSA) is 53.9 Å². The fourth-order valence-electron chi connectivity index (χ4n) is 3.54. The van der Waals surface area contributed by atoms with E-state index < -0.39 is 0 Å². The molecule has 3 heterocycles. The Labute approximate surface area is 147 Å². The molecule has 1 aromatic carbocycles. The molecule has 4 rings (SSSR count). The normalized spacial score (nSPS) is 14.8. The Kier molecular flexibility index (Phi) is 3.49. The van der Waals surface area contributed by atoms with Crippen molar-refractivity contribution in [3.05, 3.63) is 53.0 Å². The molecule has 130 valence electrons. The SMILES string of the molecule is Cn1nc(C(C)(C)C)cc1C(=O)N1CCc2[nH]c3ccccc3c2C1. The van der Waals surface area contributed by atoms with Gasteiger partial charge in [0.15, 0.2) is 0 Å². The van der Waals surface area contributed by atoms with Gasteiger partial charge >= 0.3 is 0 Å². The van der Waals surface area contributed by atoms with Gasteiger partial charge in [0.2, 0.25) is 0 Å². The molecule has 5 heteroatoms. The predicted octanol–water partition coefficient (Wildman–Crippen LogP) is 3.40. The highest BCUT2D eigenvalue weighted by atomic mass is 16.2. The van der Waals surface area contributed by atoms with Crippen molar-refractivity contribution in [1.29, 1.82) is 0 Å². The minimum absolute atomic E-state index is 0.0569. The van der Waals surface area contributed by atoms with Gasteiger partial charge in [0.25, 0.3) is 5.91 Å². The van der Waals surface area contributed by atoms with Crippen LogP contribution in [-0.2, 0) is 25.4 Å². The number of rotatable bonds is 1. The van der Waals surface area contributed by atoms with Crippen molar-refractivity contribution in [3.8, 4) is 0 Å². The summed E-state index contributed by atoms with van der Waals surface area (Å²) < 4.78 is 1.72. The van der Waals surface area contributed by atoms with Crippen LogP contribution in [0.5, 0.6) is 0 Å². The number of aromatic nitrogens is 3. The van der Waals surface area contributed by atoms with Gasteiger partial charge in [-0.1, -0.05) is 39.0 Å². The molecule has 0 radical (unpaired) electrons. The van der Waals surface area contributed by atoms with Crippen molar-refractivity contribution >= 4 is 16.8 Å². The predicted molar refractivity (Wildman–Crippen MR) is 98.7 cm³/mol. The third-order valence-corrected chi connectivity index (χ3v) is 5.04.